The van der Waals surface area contributed by atoms with Gasteiger partial charge in [-0.25, -0.2) is 4.79 Å². The van der Waals surface area contributed by atoms with Crippen molar-refractivity contribution < 1.29 is 19.1 Å². The first-order valence-electron chi connectivity index (χ1n) is 9.80. The molecule has 0 radical (unpaired) electrons. The van der Waals surface area contributed by atoms with Gasteiger partial charge in [-0.05, 0) is 44.0 Å². The number of methoxy groups -OCH3 is 1. The molecule has 0 spiro atoms. The molecular weight excluding hydrogens is 366 g/mol. The van der Waals surface area contributed by atoms with Crippen LogP contribution in [0.2, 0.25) is 0 Å². The lowest BCUT2D eigenvalue weighted by Gasteiger charge is -2.35. The first kappa shape index (κ1) is 20.6. The number of esters is 1. The van der Waals surface area contributed by atoms with Gasteiger partial charge in [0.15, 0.2) is 0 Å². The van der Waals surface area contributed by atoms with Crippen molar-refractivity contribution in [1.82, 2.24) is 4.90 Å². The Bertz CT molecular complexity index is 917. The summed E-state index contributed by atoms with van der Waals surface area (Å²) in [6.45, 7) is 5.90. The number of hydrogen-bond donors (Lipinski definition) is 0. The maximum Gasteiger partial charge on any atom is 0.336 e. The second-order valence-corrected chi connectivity index (χ2v) is 7.45. The third-order valence-corrected chi connectivity index (χ3v) is 5.07. The van der Waals surface area contributed by atoms with Gasteiger partial charge in [0.2, 0.25) is 5.91 Å². The van der Waals surface area contributed by atoms with Crippen LogP contribution < -0.4 is 4.74 Å². The number of amides is 1. The Labute approximate surface area is 171 Å². The van der Waals surface area contributed by atoms with Gasteiger partial charge in [-0.1, -0.05) is 42.5 Å². The molecule has 0 N–H and O–H groups in total. The summed E-state index contributed by atoms with van der Waals surface area (Å²) in [6, 6.07) is 17.3. The van der Waals surface area contributed by atoms with E-state index in [1.807, 2.05) is 75.4 Å². The van der Waals surface area contributed by atoms with Crippen molar-refractivity contribution in [2.75, 3.05) is 7.11 Å². The fourth-order valence-corrected chi connectivity index (χ4v) is 3.65. The summed E-state index contributed by atoms with van der Waals surface area (Å²) < 4.78 is 10.9. The highest BCUT2D eigenvalue weighted by molar-refractivity contribution is 5.96. The number of allylic oxidation sites excluding steroid dienone is 1. The molecular formula is C24H27NO4. The molecule has 0 saturated carbocycles. The highest BCUT2D eigenvalue weighted by atomic mass is 16.5. The Morgan fingerprint density at radius 3 is 2.52 bits per heavy atom. The fraction of sp³-hybridized carbons (Fsp3) is 0.333. The molecule has 5 heteroatoms. The van der Waals surface area contributed by atoms with Crippen molar-refractivity contribution in [1.29, 1.82) is 0 Å². The van der Waals surface area contributed by atoms with Crippen LogP contribution in [0, 0.1) is 0 Å². The molecule has 152 valence electrons. The van der Waals surface area contributed by atoms with Gasteiger partial charge in [0.1, 0.15) is 5.75 Å². The van der Waals surface area contributed by atoms with Crippen LogP contribution in [0.5, 0.6) is 5.75 Å². The van der Waals surface area contributed by atoms with E-state index in [9.17, 15) is 9.59 Å². The van der Waals surface area contributed by atoms with Crippen molar-refractivity contribution in [2.45, 2.75) is 45.8 Å². The zero-order chi connectivity index (χ0) is 21.0. The average Bonchev–Trinajstić information content (AvgIpc) is 2.70. The molecule has 0 aromatic heterocycles. The molecule has 2 aromatic carbocycles. The number of nitrogens with zero attached hydrogens (tertiary/aromatic N) is 1. The molecule has 3 rings (SSSR count). The number of ether oxygens (including phenoxy) is 2. The first-order valence-corrected chi connectivity index (χ1v) is 9.80. The molecule has 1 unspecified atom stereocenters. The van der Waals surface area contributed by atoms with Crippen LogP contribution in [0.4, 0.5) is 0 Å². The van der Waals surface area contributed by atoms with Crippen LogP contribution in [0.1, 0.15) is 44.2 Å². The fourth-order valence-electron chi connectivity index (χ4n) is 3.65. The molecule has 0 aliphatic carbocycles. The SMILES string of the molecule is COc1cccc(C2CC(=O)N(Cc3ccccc3)C(C)=C2C(=O)OC(C)C)c1. The van der Waals surface area contributed by atoms with Gasteiger partial charge in [-0.2, -0.15) is 0 Å². The van der Waals surface area contributed by atoms with E-state index >= 15 is 0 Å². The third-order valence-electron chi connectivity index (χ3n) is 5.07. The topological polar surface area (TPSA) is 55.8 Å². The van der Waals surface area contributed by atoms with E-state index in [1.54, 1.807) is 12.0 Å². The quantitative estimate of drug-likeness (QED) is 0.681. The van der Waals surface area contributed by atoms with Crippen LogP contribution in [0.3, 0.4) is 0 Å². The van der Waals surface area contributed by atoms with Crippen molar-refractivity contribution in [3.05, 3.63) is 77.0 Å². The highest BCUT2D eigenvalue weighted by Gasteiger charge is 2.37. The largest absolute Gasteiger partial charge is 0.497 e. The zero-order valence-corrected chi connectivity index (χ0v) is 17.3. The third kappa shape index (κ3) is 4.67. The first-order chi connectivity index (χ1) is 13.9. The molecule has 1 aliphatic rings. The summed E-state index contributed by atoms with van der Waals surface area (Å²) in [4.78, 5) is 27.7. The van der Waals surface area contributed by atoms with E-state index in [4.69, 9.17) is 9.47 Å². The van der Waals surface area contributed by atoms with Crippen LogP contribution in [0.15, 0.2) is 65.9 Å². The predicted octanol–water partition coefficient (Wildman–Crippen LogP) is 4.44. The van der Waals surface area contributed by atoms with E-state index in [0.29, 0.717) is 23.6 Å². The molecule has 29 heavy (non-hydrogen) atoms. The monoisotopic (exact) mass is 393 g/mol. The molecule has 2 aromatic rings. The Balaban J connectivity index is 2.04. The summed E-state index contributed by atoms with van der Waals surface area (Å²) >= 11 is 0. The van der Waals surface area contributed by atoms with Gasteiger partial charge in [0.05, 0.1) is 25.3 Å². The summed E-state index contributed by atoms with van der Waals surface area (Å²) in [6.07, 6.45) is -0.0335. The number of carbonyl (C=O) groups excluding carboxylic acids is 2. The molecule has 1 aliphatic heterocycles. The van der Waals surface area contributed by atoms with Crippen LogP contribution >= 0.6 is 0 Å². The van der Waals surface area contributed by atoms with Crippen LogP contribution in [-0.2, 0) is 20.9 Å². The lowest BCUT2D eigenvalue weighted by atomic mass is 9.83. The normalized spacial score (nSPS) is 16.9. The Kier molecular flexibility index (Phi) is 6.37. The van der Waals surface area contributed by atoms with Crippen LogP contribution in [-0.4, -0.2) is 30.0 Å². The van der Waals surface area contributed by atoms with Crippen LogP contribution in [0.25, 0.3) is 0 Å². The average molecular weight is 393 g/mol. The van der Waals surface area contributed by atoms with Gasteiger partial charge in [0, 0.05) is 18.0 Å². The van der Waals surface area contributed by atoms with Crippen molar-refractivity contribution >= 4 is 11.9 Å². The second kappa shape index (κ2) is 8.95. The summed E-state index contributed by atoms with van der Waals surface area (Å²) in [5.41, 5.74) is 3.05. The van der Waals surface area contributed by atoms with Gasteiger partial charge < -0.3 is 14.4 Å². The lowest BCUT2D eigenvalue weighted by molar-refractivity contribution is -0.143. The van der Waals surface area contributed by atoms with E-state index < -0.39 is 0 Å². The van der Waals surface area contributed by atoms with E-state index in [2.05, 4.69) is 0 Å². The van der Waals surface area contributed by atoms with Crippen molar-refractivity contribution in [3.63, 3.8) is 0 Å². The Morgan fingerprint density at radius 1 is 1.14 bits per heavy atom. The standard InChI is InChI=1S/C24H27NO4/c1-16(2)29-24(27)23-17(3)25(15-18-9-6-5-7-10-18)22(26)14-21(23)19-11-8-12-20(13-19)28-4/h5-13,16,21H,14-15H2,1-4H3. The number of carbonyl (C=O) groups is 2. The molecule has 0 fully saturated rings. The second-order valence-electron chi connectivity index (χ2n) is 7.45. The van der Waals surface area contributed by atoms with Gasteiger partial charge in [-0.15, -0.1) is 0 Å². The minimum atomic E-state index is -0.379. The van der Waals surface area contributed by atoms with Crippen molar-refractivity contribution in [2.24, 2.45) is 0 Å². The summed E-state index contributed by atoms with van der Waals surface area (Å²) in [5.74, 6) is -0.0667. The maximum absolute atomic E-state index is 13.0. The Hall–Kier alpha value is -3.08. The molecule has 1 atom stereocenters. The minimum Gasteiger partial charge on any atom is -0.497 e. The van der Waals surface area contributed by atoms with Gasteiger partial charge in [-0.3, -0.25) is 4.79 Å². The Morgan fingerprint density at radius 2 is 1.86 bits per heavy atom. The van der Waals surface area contributed by atoms with Gasteiger partial charge in [0.25, 0.3) is 0 Å². The summed E-state index contributed by atoms with van der Waals surface area (Å²) in [7, 11) is 1.60. The lowest BCUT2D eigenvalue weighted by Crippen LogP contribution is -2.38. The van der Waals surface area contributed by atoms with E-state index in [0.717, 1.165) is 11.1 Å². The zero-order valence-electron chi connectivity index (χ0n) is 17.3. The molecule has 0 bridgehead atoms. The predicted molar refractivity (Wildman–Crippen MR) is 111 cm³/mol. The number of rotatable bonds is 6. The number of hydrogen-bond acceptors (Lipinski definition) is 4. The van der Waals surface area contributed by atoms with Gasteiger partial charge >= 0.3 is 5.97 Å². The van der Waals surface area contributed by atoms with Crippen molar-refractivity contribution in [3.8, 4) is 5.75 Å². The molecule has 0 saturated heterocycles. The summed E-state index contributed by atoms with van der Waals surface area (Å²) in [5, 5.41) is 0. The van der Waals surface area contributed by atoms with E-state index in [1.165, 1.54) is 0 Å². The molecule has 5 nitrogen and oxygen atoms in total. The maximum atomic E-state index is 13.0. The minimum absolute atomic E-state index is 0.0136. The van der Waals surface area contributed by atoms with E-state index in [-0.39, 0.29) is 30.3 Å². The molecule has 1 amide bonds. The molecule has 1 heterocycles. The number of benzene rings is 2. The smallest absolute Gasteiger partial charge is 0.336 e. The highest BCUT2D eigenvalue weighted by Crippen LogP contribution is 2.38.